The van der Waals surface area contributed by atoms with Crippen LogP contribution in [0.4, 0.5) is 0 Å². The van der Waals surface area contributed by atoms with Crippen LogP contribution < -0.4 is 5.32 Å². The van der Waals surface area contributed by atoms with Crippen LogP contribution in [0.2, 0.25) is 10.0 Å². The number of halogens is 2. The summed E-state index contributed by atoms with van der Waals surface area (Å²) in [4.78, 5) is 0. The third-order valence-corrected chi connectivity index (χ3v) is 4.05. The second-order valence-corrected chi connectivity index (χ2v) is 5.57. The van der Waals surface area contributed by atoms with Crippen molar-refractivity contribution >= 4 is 23.2 Å². The van der Waals surface area contributed by atoms with E-state index in [2.05, 4.69) is 37.4 Å². The maximum Gasteiger partial charge on any atom is 0.0595 e. The van der Waals surface area contributed by atoms with E-state index in [1.54, 1.807) is 0 Å². The van der Waals surface area contributed by atoms with Crippen LogP contribution in [-0.4, -0.2) is 7.05 Å². The third-order valence-electron chi connectivity index (χ3n) is 3.31. The predicted octanol–water partition coefficient (Wildman–Crippen LogP) is 4.92. The molecule has 0 aliphatic rings. The van der Waals surface area contributed by atoms with E-state index in [4.69, 9.17) is 23.2 Å². The van der Waals surface area contributed by atoms with Gasteiger partial charge in [0.2, 0.25) is 0 Å². The molecule has 0 spiro atoms. The molecule has 1 atom stereocenters. The summed E-state index contributed by atoms with van der Waals surface area (Å²) in [6.45, 7) is 4.22. The Labute approximate surface area is 124 Å². The lowest BCUT2D eigenvalue weighted by atomic mass is 9.94. The average molecular weight is 294 g/mol. The van der Waals surface area contributed by atoms with E-state index in [0.29, 0.717) is 10.0 Å². The van der Waals surface area contributed by atoms with E-state index >= 15 is 0 Å². The summed E-state index contributed by atoms with van der Waals surface area (Å²) in [7, 11) is 1.95. The largest absolute Gasteiger partial charge is 0.309 e. The van der Waals surface area contributed by atoms with Gasteiger partial charge >= 0.3 is 0 Å². The zero-order valence-corrected chi connectivity index (χ0v) is 12.8. The molecule has 0 radical (unpaired) electrons. The SMILES string of the molecule is CNC(c1ccc(Cl)c(Cl)c1)c1cc(C)ccc1C. The van der Waals surface area contributed by atoms with Gasteiger partial charge < -0.3 is 5.32 Å². The van der Waals surface area contributed by atoms with Gasteiger partial charge in [-0.3, -0.25) is 0 Å². The molecule has 3 heteroatoms. The summed E-state index contributed by atoms with van der Waals surface area (Å²) in [6, 6.07) is 12.4. The monoisotopic (exact) mass is 293 g/mol. The maximum atomic E-state index is 6.11. The minimum atomic E-state index is 0.120. The van der Waals surface area contributed by atoms with Gasteiger partial charge in [0.25, 0.3) is 0 Å². The molecule has 0 heterocycles. The molecule has 0 saturated heterocycles. The summed E-state index contributed by atoms with van der Waals surface area (Å²) in [5, 5.41) is 4.52. The van der Waals surface area contributed by atoms with Crippen molar-refractivity contribution in [2.75, 3.05) is 7.05 Å². The second kappa shape index (κ2) is 5.96. The van der Waals surface area contributed by atoms with E-state index in [1.807, 2.05) is 25.2 Å². The molecule has 100 valence electrons. The standard InChI is InChI=1S/C16H17Cl2N/c1-10-4-5-11(2)13(8-10)16(19-3)12-6-7-14(17)15(18)9-12/h4-9,16,19H,1-3H3. The summed E-state index contributed by atoms with van der Waals surface area (Å²) >= 11 is 12.1. The normalized spacial score (nSPS) is 12.5. The first-order valence-electron chi connectivity index (χ1n) is 6.22. The third kappa shape index (κ3) is 3.11. The van der Waals surface area contributed by atoms with Gasteiger partial charge in [0.1, 0.15) is 0 Å². The topological polar surface area (TPSA) is 12.0 Å². The number of hydrogen-bond donors (Lipinski definition) is 1. The molecule has 2 rings (SSSR count). The van der Waals surface area contributed by atoms with Crippen LogP contribution in [0.1, 0.15) is 28.3 Å². The molecular weight excluding hydrogens is 277 g/mol. The van der Waals surface area contributed by atoms with Gasteiger partial charge in [-0.15, -0.1) is 0 Å². The number of rotatable bonds is 3. The van der Waals surface area contributed by atoms with Crippen LogP contribution in [0.5, 0.6) is 0 Å². The quantitative estimate of drug-likeness (QED) is 0.847. The zero-order valence-electron chi connectivity index (χ0n) is 11.3. The fourth-order valence-electron chi connectivity index (χ4n) is 2.26. The smallest absolute Gasteiger partial charge is 0.0595 e. The highest BCUT2D eigenvalue weighted by atomic mass is 35.5. The minimum Gasteiger partial charge on any atom is -0.309 e. The Bertz CT molecular complexity index is 593. The van der Waals surface area contributed by atoms with Gasteiger partial charge in [-0.05, 0) is 49.7 Å². The molecule has 1 unspecified atom stereocenters. The highest BCUT2D eigenvalue weighted by molar-refractivity contribution is 6.42. The van der Waals surface area contributed by atoms with E-state index in [9.17, 15) is 0 Å². The van der Waals surface area contributed by atoms with Crippen LogP contribution in [0.3, 0.4) is 0 Å². The summed E-state index contributed by atoms with van der Waals surface area (Å²) in [5.74, 6) is 0. The van der Waals surface area contributed by atoms with Crippen molar-refractivity contribution in [2.45, 2.75) is 19.9 Å². The van der Waals surface area contributed by atoms with E-state index < -0.39 is 0 Å². The summed E-state index contributed by atoms with van der Waals surface area (Å²) in [5.41, 5.74) is 4.89. The molecule has 0 fully saturated rings. The molecule has 0 aliphatic heterocycles. The van der Waals surface area contributed by atoms with E-state index in [1.165, 1.54) is 16.7 Å². The molecule has 2 aromatic carbocycles. The number of aryl methyl sites for hydroxylation is 2. The number of hydrogen-bond acceptors (Lipinski definition) is 1. The van der Waals surface area contributed by atoms with E-state index in [-0.39, 0.29) is 6.04 Å². The van der Waals surface area contributed by atoms with Gasteiger partial charge in [0.15, 0.2) is 0 Å². The number of benzene rings is 2. The van der Waals surface area contributed by atoms with Crippen LogP contribution in [0.15, 0.2) is 36.4 Å². The van der Waals surface area contributed by atoms with E-state index in [0.717, 1.165) is 5.56 Å². The van der Waals surface area contributed by atoms with Crippen molar-refractivity contribution in [3.8, 4) is 0 Å². The Morgan fingerprint density at radius 2 is 1.68 bits per heavy atom. The highest BCUT2D eigenvalue weighted by Crippen LogP contribution is 2.30. The van der Waals surface area contributed by atoms with Crippen LogP contribution >= 0.6 is 23.2 Å². The molecule has 1 nitrogen and oxygen atoms in total. The Morgan fingerprint density at radius 3 is 2.32 bits per heavy atom. The fourth-order valence-corrected chi connectivity index (χ4v) is 2.57. The molecule has 2 aromatic rings. The Hall–Kier alpha value is -1.02. The van der Waals surface area contributed by atoms with Crippen LogP contribution in [-0.2, 0) is 0 Å². The van der Waals surface area contributed by atoms with Crippen LogP contribution in [0, 0.1) is 13.8 Å². The molecule has 0 saturated carbocycles. The van der Waals surface area contributed by atoms with Crippen LogP contribution in [0.25, 0.3) is 0 Å². The van der Waals surface area contributed by atoms with Gasteiger partial charge in [0.05, 0.1) is 16.1 Å². The highest BCUT2D eigenvalue weighted by Gasteiger charge is 2.15. The Kier molecular flexibility index (Phi) is 4.51. The lowest BCUT2D eigenvalue weighted by Gasteiger charge is -2.20. The summed E-state index contributed by atoms with van der Waals surface area (Å²) in [6.07, 6.45) is 0. The first kappa shape index (κ1) is 14.4. The van der Waals surface area contributed by atoms with Gasteiger partial charge in [-0.25, -0.2) is 0 Å². The lowest BCUT2D eigenvalue weighted by molar-refractivity contribution is 0.687. The van der Waals surface area contributed by atoms with Crippen molar-refractivity contribution in [2.24, 2.45) is 0 Å². The van der Waals surface area contributed by atoms with Gasteiger partial charge in [-0.2, -0.15) is 0 Å². The van der Waals surface area contributed by atoms with Crippen molar-refractivity contribution in [1.29, 1.82) is 0 Å². The van der Waals surface area contributed by atoms with Crippen molar-refractivity contribution in [1.82, 2.24) is 5.32 Å². The lowest BCUT2D eigenvalue weighted by Crippen LogP contribution is -2.18. The fraction of sp³-hybridized carbons (Fsp3) is 0.250. The minimum absolute atomic E-state index is 0.120. The predicted molar refractivity (Wildman–Crippen MR) is 83.3 cm³/mol. The summed E-state index contributed by atoms with van der Waals surface area (Å²) < 4.78 is 0. The first-order chi connectivity index (χ1) is 9.02. The van der Waals surface area contributed by atoms with Crippen molar-refractivity contribution in [3.63, 3.8) is 0 Å². The van der Waals surface area contributed by atoms with Crippen molar-refractivity contribution < 1.29 is 0 Å². The molecule has 0 bridgehead atoms. The van der Waals surface area contributed by atoms with Gasteiger partial charge in [0, 0.05) is 0 Å². The maximum absolute atomic E-state index is 6.11. The Morgan fingerprint density at radius 1 is 0.947 bits per heavy atom. The first-order valence-corrected chi connectivity index (χ1v) is 6.98. The average Bonchev–Trinajstić information content (AvgIpc) is 2.38. The number of nitrogens with one attached hydrogen (secondary N) is 1. The molecule has 0 aromatic heterocycles. The molecular formula is C16H17Cl2N. The molecule has 19 heavy (non-hydrogen) atoms. The van der Waals surface area contributed by atoms with Crippen molar-refractivity contribution in [3.05, 3.63) is 68.7 Å². The zero-order chi connectivity index (χ0) is 14.0. The molecule has 1 N–H and O–H groups in total. The molecule has 0 amide bonds. The molecule has 0 aliphatic carbocycles. The second-order valence-electron chi connectivity index (χ2n) is 4.76. The van der Waals surface area contributed by atoms with Gasteiger partial charge in [-0.1, -0.05) is 53.0 Å². The Balaban J connectivity index is 2.49.